The van der Waals surface area contributed by atoms with Crippen LogP contribution in [0.3, 0.4) is 0 Å². The smallest absolute Gasteiger partial charge is 0.347 e. The molecule has 0 bridgehead atoms. The minimum absolute atomic E-state index is 0.416. The minimum Gasteiger partial charge on any atom is -0.370 e. The number of anilines is 1. The molecule has 0 spiro atoms. The lowest BCUT2D eigenvalue weighted by Gasteiger charge is -2.37. The van der Waals surface area contributed by atoms with Gasteiger partial charge in [-0.2, -0.15) is 5.06 Å². The molecule has 0 radical (unpaired) electrons. The van der Waals surface area contributed by atoms with Crippen molar-refractivity contribution in [3.05, 3.63) is 30.3 Å². The summed E-state index contributed by atoms with van der Waals surface area (Å²) in [4.78, 5) is 16.0. The zero-order chi connectivity index (χ0) is 19.4. The van der Waals surface area contributed by atoms with Crippen LogP contribution < -0.4 is 10.2 Å². The predicted molar refractivity (Wildman–Crippen MR) is 110 cm³/mol. The van der Waals surface area contributed by atoms with Crippen molar-refractivity contribution in [1.82, 2.24) is 9.96 Å². The highest BCUT2D eigenvalue weighted by molar-refractivity contribution is 8.24. The van der Waals surface area contributed by atoms with Gasteiger partial charge in [-0.1, -0.05) is 42.2 Å². The van der Waals surface area contributed by atoms with Crippen molar-refractivity contribution in [2.24, 2.45) is 0 Å². The largest absolute Gasteiger partial charge is 0.370 e. The minimum atomic E-state index is -0.562. The molecule has 27 heavy (non-hydrogen) atoms. The second-order valence-corrected chi connectivity index (χ2v) is 9.58. The normalized spacial score (nSPS) is 22.7. The van der Waals surface area contributed by atoms with Crippen LogP contribution in [0.4, 0.5) is 10.5 Å². The van der Waals surface area contributed by atoms with Crippen LogP contribution in [-0.4, -0.2) is 75.8 Å². The number of hydroxylamine groups is 2. The van der Waals surface area contributed by atoms with E-state index in [9.17, 15) is 10.0 Å². The van der Waals surface area contributed by atoms with E-state index in [0.717, 1.165) is 37.9 Å². The first-order chi connectivity index (χ1) is 12.9. The van der Waals surface area contributed by atoms with Crippen LogP contribution in [-0.2, 0) is 4.74 Å². The van der Waals surface area contributed by atoms with Gasteiger partial charge >= 0.3 is 6.03 Å². The van der Waals surface area contributed by atoms with Crippen LogP contribution in [0.15, 0.2) is 30.3 Å². The number of hydrogen-bond donors (Lipinski definition) is 3. The fourth-order valence-electron chi connectivity index (χ4n) is 3.45. The number of carbonyl (C=O) groups excluding carboxylic acids is 1. The number of morpholine rings is 1. The number of carbonyl (C=O) groups is 1. The van der Waals surface area contributed by atoms with E-state index in [1.54, 1.807) is 12.1 Å². The Morgan fingerprint density at radius 1 is 1.41 bits per heavy atom. The summed E-state index contributed by atoms with van der Waals surface area (Å²) in [7, 11) is 0. The molecular weight excluding hydrogens is 384 g/mol. The lowest BCUT2D eigenvalue weighted by Crippen LogP contribution is -3.14. The van der Waals surface area contributed by atoms with Crippen LogP contribution in [0.25, 0.3) is 0 Å². The Bertz CT molecular complexity index is 668. The highest BCUT2D eigenvalue weighted by atomic mass is 32.2. The van der Waals surface area contributed by atoms with E-state index in [1.165, 1.54) is 16.7 Å². The number of thioether (sulfide) groups is 1. The number of para-hydroxylation sites is 1. The molecule has 1 aromatic rings. The van der Waals surface area contributed by atoms with Crippen LogP contribution in [0, 0.1) is 0 Å². The summed E-state index contributed by atoms with van der Waals surface area (Å²) in [6.45, 7) is 9.06. The Labute approximate surface area is 169 Å². The molecule has 148 valence electrons. The molecule has 0 aromatic heterocycles. The van der Waals surface area contributed by atoms with E-state index < -0.39 is 16.9 Å². The average Bonchev–Trinajstić information content (AvgIpc) is 2.88. The molecule has 3 N–H and O–H groups in total. The standard InChI is InChI=1S/C18H26N4O3S2/c1-18(2)15(22(24)16(23)19-14-6-4-3-5-7-14)21(17(26)27-18)9-8-20-10-12-25-13-11-20/h3-7,15,24H,8-13H2,1-2H3,(H,19,23)/p+1. The summed E-state index contributed by atoms with van der Waals surface area (Å²) >= 11 is 7.07. The number of benzene rings is 1. The Morgan fingerprint density at radius 3 is 2.74 bits per heavy atom. The van der Waals surface area contributed by atoms with Gasteiger partial charge in [0.1, 0.15) is 23.6 Å². The molecule has 9 heteroatoms. The topological polar surface area (TPSA) is 69.5 Å². The lowest BCUT2D eigenvalue weighted by atomic mass is 10.1. The molecule has 1 aromatic carbocycles. The van der Waals surface area contributed by atoms with Gasteiger partial charge in [0.25, 0.3) is 0 Å². The van der Waals surface area contributed by atoms with Crippen molar-refractivity contribution >= 4 is 40.0 Å². The molecular formula is C18H27N4O3S2+. The van der Waals surface area contributed by atoms with Gasteiger partial charge in [0.2, 0.25) is 0 Å². The fourth-order valence-corrected chi connectivity index (χ4v) is 5.38. The maximum Gasteiger partial charge on any atom is 0.347 e. The summed E-state index contributed by atoms with van der Waals surface area (Å²) in [5.74, 6) is 0. The number of nitrogens with one attached hydrogen (secondary N) is 2. The first-order valence-corrected chi connectivity index (χ1v) is 10.4. The first-order valence-electron chi connectivity index (χ1n) is 9.13. The molecule has 2 aliphatic heterocycles. The number of nitrogens with zero attached hydrogens (tertiary/aromatic N) is 2. The van der Waals surface area contributed by atoms with Crippen LogP contribution >= 0.6 is 24.0 Å². The molecule has 2 saturated heterocycles. The van der Waals surface area contributed by atoms with Gasteiger partial charge in [-0.25, -0.2) is 4.79 Å². The number of thiocarbonyl (C=S) groups is 1. The summed E-state index contributed by atoms with van der Waals surface area (Å²) in [5, 5.41) is 14.2. The Balaban J connectivity index is 1.68. The molecule has 1 atom stereocenters. The van der Waals surface area contributed by atoms with E-state index in [1.807, 2.05) is 36.9 Å². The second-order valence-electron chi connectivity index (χ2n) is 7.29. The molecule has 7 nitrogen and oxygen atoms in total. The number of hydrogen-bond acceptors (Lipinski definition) is 5. The van der Waals surface area contributed by atoms with Gasteiger partial charge in [0, 0.05) is 5.69 Å². The van der Waals surface area contributed by atoms with Crippen molar-refractivity contribution in [2.75, 3.05) is 44.7 Å². The predicted octanol–water partition coefficient (Wildman–Crippen LogP) is 1.26. The maximum absolute atomic E-state index is 12.6. The summed E-state index contributed by atoms with van der Waals surface area (Å²) in [6.07, 6.45) is -0.529. The Morgan fingerprint density at radius 2 is 2.07 bits per heavy atom. The van der Waals surface area contributed by atoms with Crippen LogP contribution in [0.5, 0.6) is 0 Å². The summed E-state index contributed by atoms with van der Waals surface area (Å²) in [5.41, 5.74) is 0.636. The SMILES string of the molecule is CC1(C)SC(=S)N(CC[NH+]2CCOCC2)C1N(O)C(=O)Nc1ccccc1. The van der Waals surface area contributed by atoms with Crippen LogP contribution in [0.2, 0.25) is 0 Å². The number of quaternary nitrogens is 1. The second kappa shape index (κ2) is 8.74. The molecule has 0 aliphatic carbocycles. The molecule has 3 rings (SSSR count). The third-order valence-electron chi connectivity index (χ3n) is 4.87. The molecule has 1 unspecified atom stereocenters. The van der Waals surface area contributed by atoms with Crippen molar-refractivity contribution < 1.29 is 19.6 Å². The van der Waals surface area contributed by atoms with Crippen molar-refractivity contribution in [3.63, 3.8) is 0 Å². The third kappa shape index (κ3) is 4.91. The molecule has 2 amide bonds. The van der Waals surface area contributed by atoms with Gasteiger partial charge in [-0.15, -0.1) is 0 Å². The van der Waals surface area contributed by atoms with Gasteiger partial charge in [0.05, 0.1) is 31.1 Å². The number of rotatable bonds is 5. The van der Waals surface area contributed by atoms with E-state index >= 15 is 0 Å². The summed E-state index contributed by atoms with van der Waals surface area (Å²) < 4.78 is 5.70. The summed E-state index contributed by atoms with van der Waals surface area (Å²) in [6, 6.07) is 8.54. The molecule has 2 heterocycles. The molecule has 0 saturated carbocycles. The van der Waals surface area contributed by atoms with Gasteiger partial charge < -0.3 is 19.9 Å². The first kappa shape index (κ1) is 20.3. The van der Waals surface area contributed by atoms with Gasteiger partial charge in [-0.3, -0.25) is 5.21 Å². The Kier molecular flexibility index (Phi) is 6.59. The number of amides is 2. The quantitative estimate of drug-likeness (QED) is 0.385. The fraction of sp³-hybridized carbons (Fsp3) is 0.556. The average molecular weight is 412 g/mol. The van der Waals surface area contributed by atoms with Crippen molar-refractivity contribution in [3.8, 4) is 0 Å². The monoisotopic (exact) mass is 411 g/mol. The van der Waals surface area contributed by atoms with E-state index in [-0.39, 0.29) is 0 Å². The Hall–Kier alpha value is -1.39. The lowest BCUT2D eigenvalue weighted by molar-refractivity contribution is -0.907. The highest BCUT2D eigenvalue weighted by Crippen LogP contribution is 2.42. The zero-order valence-corrected chi connectivity index (χ0v) is 17.3. The van der Waals surface area contributed by atoms with E-state index in [4.69, 9.17) is 17.0 Å². The zero-order valence-electron chi connectivity index (χ0n) is 15.7. The van der Waals surface area contributed by atoms with Gasteiger partial charge in [0.15, 0.2) is 0 Å². The molecule has 2 aliphatic rings. The maximum atomic E-state index is 12.6. The van der Waals surface area contributed by atoms with Crippen LogP contribution in [0.1, 0.15) is 13.8 Å². The third-order valence-corrected chi connectivity index (χ3v) is 6.50. The molecule has 2 fully saturated rings. The van der Waals surface area contributed by atoms with E-state index in [0.29, 0.717) is 16.6 Å². The van der Waals surface area contributed by atoms with Crippen molar-refractivity contribution in [2.45, 2.75) is 24.8 Å². The highest BCUT2D eigenvalue weighted by Gasteiger charge is 2.49. The van der Waals surface area contributed by atoms with E-state index in [2.05, 4.69) is 5.32 Å². The van der Waals surface area contributed by atoms with Crippen molar-refractivity contribution in [1.29, 1.82) is 0 Å². The van der Waals surface area contributed by atoms with Gasteiger partial charge in [-0.05, 0) is 26.0 Å². The number of ether oxygens (including phenoxy) is 1. The number of urea groups is 1.